The molecule has 4 amide bonds. The lowest BCUT2D eigenvalue weighted by Gasteiger charge is -2.30. The van der Waals surface area contributed by atoms with Gasteiger partial charge in [-0.3, -0.25) is 19.2 Å². The Bertz CT molecular complexity index is 1070. The Labute approximate surface area is 210 Å². The molecule has 0 bridgehead atoms. The Morgan fingerprint density at radius 2 is 1.72 bits per heavy atom. The molecule has 1 fully saturated rings. The predicted octanol–water partition coefficient (Wildman–Crippen LogP) is 0.675. The molecule has 1 unspecified atom stereocenters. The van der Waals surface area contributed by atoms with Crippen LogP contribution in [-0.4, -0.2) is 53.5 Å². The normalized spacial score (nSPS) is 18.0. The van der Waals surface area contributed by atoms with Crippen LogP contribution in [-0.2, 0) is 25.6 Å². The van der Waals surface area contributed by atoms with Crippen molar-refractivity contribution in [2.75, 3.05) is 6.54 Å². The lowest BCUT2D eigenvalue weighted by Crippen LogP contribution is -2.56. The number of carbonyl (C=O) groups excluding carboxylic acids is 4. The number of hydrogen-bond donors (Lipinski definition) is 5. The highest BCUT2D eigenvalue weighted by molar-refractivity contribution is 5.96. The van der Waals surface area contributed by atoms with Gasteiger partial charge in [0.25, 0.3) is 0 Å². The van der Waals surface area contributed by atoms with Gasteiger partial charge >= 0.3 is 0 Å². The van der Waals surface area contributed by atoms with Gasteiger partial charge in [0.1, 0.15) is 6.04 Å². The minimum atomic E-state index is -1.69. The predicted molar refractivity (Wildman–Crippen MR) is 135 cm³/mol. The highest BCUT2D eigenvalue weighted by Crippen LogP contribution is 2.19. The maximum Gasteiger partial charge on any atom is 0.248 e. The third kappa shape index (κ3) is 8.06. The number of nitrogens with one attached hydrogen (secondary N) is 3. The first kappa shape index (κ1) is 26.6. The van der Waals surface area contributed by atoms with Gasteiger partial charge < -0.3 is 26.8 Å². The molecule has 1 heterocycles. The summed E-state index contributed by atoms with van der Waals surface area (Å²) in [5.74, 6) is -2.76. The van der Waals surface area contributed by atoms with Crippen molar-refractivity contribution in [3.63, 3.8) is 0 Å². The monoisotopic (exact) mass is 492 g/mol. The lowest BCUT2D eigenvalue weighted by atomic mass is 9.89. The fourth-order valence-corrected chi connectivity index (χ4v) is 4.13. The standard InChI is InChI=1S/C27H32N4O5/c28-25(34)24(33)21(17-20-12-7-15-29-26(20)35)31-27(36)22(16-19-10-5-2-6-11-19)30-23(32)14-13-18-8-3-1-4-9-18/h1-6,8-11,13-14,20-22,24,33H,7,12,15-17H2,(H2,28,34)(H,29,35)(H,30,32)(H,31,36)/b14-13+/t20-,21+,22+,24?/m1/s1. The molecule has 190 valence electrons. The molecular weight excluding hydrogens is 460 g/mol. The van der Waals surface area contributed by atoms with Gasteiger partial charge in [0.15, 0.2) is 6.10 Å². The van der Waals surface area contributed by atoms with Crippen molar-refractivity contribution >= 4 is 29.7 Å². The first-order valence-electron chi connectivity index (χ1n) is 12.0. The van der Waals surface area contributed by atoms with E-state index < -0.39 is 41.8 Å². The van der Waals surface area contributed by atoms with E-state index in [2.05, 4.69) is 16.0 Å². The second-order valence-corrected chi connectivity index (χ2v) is 8.82. The minimum Gasteiger partial charge on any atom is -0.381 e. The summed E-state index contributed by atoms with van der Waals surface area (Å²) in [6.07, 6.45) is 2.83. The van der Waals surface area contributed by atoms with Gasteiger partial charge in [-0.25, -0.2) is 0 Å². The number of aliphatic hydroxyl groups is 1. The van der Waals surface area contributed by atoms with Gasteiger partial charge in [0.05, 0.1) is 6.04 Å². The highest BCUT2D eigenvalue weighted by Gasteiger charge is 2.34. The first-order chi connectivity index (χ1) is 17.3. The molecular formula is C27H32N4O5. The van der Waals surface area contributed by atoms with Gasteiger partial charge in [0, 0.05) is 25.0 Å². The Hall–Kier alpha value is -3.98. The summed E-state index contributed by atoms with van der Waals surface area (Å²) in [7, 11) is 0. The van der Waals surface area contributed by atoms with E-state index in [0.29, 0.717) is 13.0 Å². The first-order valence-corrected chi connectivity index (χ1v) is 12.0. The van der Waals surface area contributed by atoms with E-state index in [1.807, 2.05) is 60.7 Å². The summed E-state index contributed by atoms with van der Waals surface area (Å²) < 4.78 is 0. The number of benzene rings is 2. The number of carbonyl (C=O) groups is 4. The molecule has 2 aromatic carbocycles. The summed E-state index contributed by atoms with van der Waals surface area (Å²) >= 11 is 0. The topological polar surface area (TPSA) is 151 Å². The van der Waals surface area contributed by atoms with E-state index in [-0.39, 0.29) is 18.7 Å². The number of amides is 4. The zero-order chi connectivity index (χ0) is 25.9. The second-order valence-electron chi connectivity index (χ2n) is 8.82. The molecule has 0 aliphatic carbocycles. The van der Waals surface area contributed by atoms with E-state index in [4.69, 9.17) is 5.73 Å². The van der Waals surface area contributed by atoms with Crippen molar-refractivity contribution in [1.82, 2.24) is 16.0 Å². The molecule has 4 atom stereocenters. The maximum absolute atomic E-state index is 13.3. The average molecular weight is 493 g/mol. The van der Waals surface area contributed by atoms with Crippen LogP contribution in [0.2, 0.25) is 0 Å². The molecule has 1 aliphatic rings. The molecule has 9 heteroatoms. The SMILES string of the molecule is NC(=O)C(O)[C@H](C[C@H]1CCCNC1=O)NC(=O)[C@H](Cc1ccccc1)NC(=O)/C=C/c1ccccc1. The van der Waals surface area contributed by atoms with Crippen molar-refractivity contribution in [2.45, 2.75) is 43.9 Å². The molecule has 1 aliphatic heterocycles. The summed E-state index contributed by atoms with van der Waals surface area (Å²) in [4.78, 5) is 49.9. The van der Waals surface area contributed by atoms with Crippen LogP contribution in [0, 0.1) is 5.92 Å². The number of piperidine rings is 1. The smallest absolute Gasteiger partial charge is 0.248 e. The lowest BCUT2D eigenvalue weighted by molar-refractivity contribution is -0.134. The third-order valence-corrected chi connectivity index (χ3v) is 6.08. The maximum atomic E-state index is 13.3. The van der Waals surface area contributed by atoms with Crippen molar-refractivity contribution in [2.24, 2.45) is 11.7 Å². The number of rotatable bonds is 11. The number of hydrogen-bond acceptors (Lipinski definition) is 5. The van der Waals surface area contributed by atoms with Gasteiger partial charge in [0.2, 0.25) is 23.6 Å². The highest BCUT2D eigenvalue weighted by atomic mass is 16.3. The zero-order valence-corrected chi connectivity index (χ0v) is 19.9. The van der Waals surface area contributed by atoms with Crippen molar-refractivity contribution < 1.29 is 24.3 Å². The number of aliphatic hydroxyl groups excluding tert-OH is 1. The van der Waals surface area contributed by atoms with Crippen LogP contribution in [0.3, 0.4) is 0 Å². The fourth-order valence-electron chi connectivity index (χ4n) is 4.13. The van der Waals surface area contributed by atoms with Crippen LogP contribution in [0.1, 0.15) is 30.4 Å². The largest absolute Gasteiger partial charge is 0.381 e. The average Bonchev–Trinajstić information content (AvgIpc) is 2.88. The van der Waals surface area contributed by atoms with Crippen LogP contribution < -0.4 is 21.7 Å². The van der Waals surface area contributed by atoms with Crippen LogP contribution >= 0.6 is 0 Å². The fraction of sp³-hybridized carbons (Fsp3) is 0.333. The Balaban J connectivity index is 1.75. The van der Waals surface area contributed by atoms with Crippen LogP contribution in [0.15, 0.2) is 66.7 Å². The zero-order valence-electron chi connectivity index (χ0n) is 19.9. The van der Waals surface area contributed by atoms with E-state index >= 15 is 0 Å². The van der Waals surface area contributed by atoms with Gasteiger partial charge in [-0.1, -0.05) is 60.7 Å². The van der Waals surface area contributed by atoms with E-state index in [0.717, 1.165) is 17.5 Å². The molecule has 1 saturated heterocycles. The minimum absolute atomic E-state index is 0.0432. The van der Waals surface area contributed by atoms with Gasteiger partial charge in [-0.2, -0.15) is 0 Å². The molecule has 3 rings (SSSR count). The summed E-state index contributed by atoms with van der Waals surface area (Å²) in [5, 5.41) is 18.5. The van der Waals surface area contributed by atoms with E-state index in [1.165, 1.54) is 6.08 Å². The molecule has 36 heavy (non-hydrogen) atoms. The van der Waals surface area contributed by atoms with Crippen molar-refractivity contribution in [3.8, 4) is 0 Å². The third-order valence-electron chi connectivity index (χ3n) is 6.08. The van der Waals surface area contributed by atoms with E-state index in [1.54, 1.807) is 6.08 Å². The second kappa shape index (κ2) is 13.2. The van der Waals surface area contributed by atoms with Crippen LogP contribution in [0.5, 0.6) is 0 Å². The molecule has 0 radical (unpaired) electrons. The summed E-state index contributed by atoms with van der Waals surface area (Å²) in [6, 6.07) is 16.3. The van der Waals surface area contributed by atoms with Crippen molar-refractivity contribution in [3.05, 3.63) is 77.9 Å². The van der Waals surface area contributed by atoms with Crippen LogP contribution in [0.25, 0.3) is 6.08 Å². The summed E-state index contributed by atoms with van der Waals surface area (Å²) in [5.41, 5.74) is 6.94. The number of nitrogens with two attached hydrogens (primary N) is 1. The molecule has 2 aromatic rings. The number of primary amides is 1. The Morgan fingerprint density at radius 3 is 2.36 bits per heavy atom. The molecule has 9 nitrogen and oxygen atoms in total. The van der Waals surface area contributed by atoms with Crippen LogP contribution in [0.4, 0.5) is 0 Å². The molecule has 6 N–H and O–H groups in total. The van der Waals surface area contributed by atoms with Crippen molar-refractivity contribution in [1.29, 1.82) is 0 Å². The molecule has 0 saturated carbocycles. The summed E-state index contributed by atoms with van der Waals surface area (Å²) in [6.45, 7) is 0.562. The Morgan fingerprint density at radius 1 is 1.06 bits per heavy atom. The van der Waals surface area contributed by atoms with E-state index in [9.17, 15) is 24.3 Å². The quantitative estimate of drug-likeness (QED) is 0.292. The van der Waals surface area contributed by atoms with Gasteiger partial charge in [-0.15, -0.1) is 0 Å². The van der Waals surface area contributed by atoms with Gasteiger partial charge in [-0.05, 0) is 36.5 Å². The Kier molecular flexibility index (Phi) is 9.76. The molecule has 0 spiro atoms. The molecule has 0 aromatic heterocycles.